The number of hydrogen-bond acceptors (Lipinski definition) is 2. The van der Waals surface area contributed by atoms with Crippen molar-refractivity contribution in [2.45, 2.75) is 33.9 Å². The fraction of sp³-hybridized carbons (Fsp3) is 0.353. The van der Waals surface area contributed by atoms with E-state index >= 15 is 0 Å². The van der Waals surface area contributed by atoms with Gasteiger partial charge in [-0.3, -0.25) is 4.99 Å². The maximum absolute atomic E-state index is 13.3. The molecular weight excluding hydrogens is 289 g/mol. The van der Waals surface area contributed by atoms with Gasteiger partial charge in [0.1, 0.15) is 5.83 Å². The summed E-state index contributed by atoms with van der Waals surface area (Å²) in [6.45, 7) is 14.8. The average Bonchev–Trinajstić information content (AvgIpc) is 2.46. The second kappa shape index (κ2) is 10.3. The Balaban J connectivity index is 4.61. The summed E-state index contributed by atoms with van der Waals surface area (Å²) in [6, 6.07) is 0. The molecular formula is C17H23ClFNO. The lowest BCUT2D eigenvalue weighted by molar-refractivity contribution is 0.113. The summed E-state index contributed by atoms with van der Waals surface area (Å²) in [5, 5.41) is 0.521. The van der Waals surface area contributed by atoms with Crippen LogP contribution < -0.4 is 0 Å². The first-order chi connectivity index (χ1) is 9.81. The number of nitrogens with zero attached hydrogens (tertiary/aromatic N) is 1. The molecule has 0 radical (unpaired) electrons. The van der Waals surface area contributed by atoms with E-state index in [1.54, 1.807) is 13.8 Å². The summed E-state index contributed by atoms with van der Waals surface area (Å²) < 4.78 is 18.8. The van der Waals surface area contributed by atoms with Gasteiger partial charge in [-0.1, -0.05) is 36.4 Å². The lowest BCUT2D eigenvalue weighted by Gasteiger charge is -2.11. The molecule has 0 aromatic heterocycles. The minimum absolute atomic E-state index is 0.191. The fourth-order valence-corrected chi connectivity index (χ4v) is 1.31. The van der Waals surface area contributed by atoms with Gasteiger partial charge in [-0.05, 0) is 51.0 Å². The van der Waals surface area contributed by atoms with Crippen LogP contribution in [0.25, 0.3) is 0 Å². The largest absolute Gasteiger partial charge is 0.348 e. The fourth-order valence-electron chi connectivity index (χ4n) is 1.08. The van der Waals surface area contributed by atoms with Crippen molar-refractivity contribution in [1.82, 2.24) is 0 Å². The zero-order chi connectivity index (χ0) is 16.4. The van der Waals surface area contributed by atoms with E-state index in [1.165, 1.54) is 6.08 Å². The van der Waals surface area contributed by atoms with Crippen molar-refractivity contribution < 1.29 is 9.13 Å². The summed E-state index contributed by atoms with van der Waals surface area (Å²) in [5.41, 5.74) is 2.21. The Bertz CT molecular complexity index is 497. The quantitative estimate of drug-likeness (QED) is 0.330. The van der Waals surface area contributed by atoms with Crippen LogP contribution in [0.4, 0.5) is 4.39 Å². The first-order valence-electron chi connectivity index (χ1n) is 6.60. The van der Waals surface area contributed by atoms with Crippen LogP contribution in [0.15, 0.2) is 64.0 Å². The highest BCUT2D eigenvalue weighted by Gasteiger charge is 2.05. The molecule has 0 heterocycles. The maximum Gasteiger partial charge on any atom is 0.167 e. The number of rotatable bonds is 8. The van der Waals surface area contributed by atoms with Crippen molar-refractivity contribution in [3.63, 3.8) is 0 Å². The average molecular weight is 312 g/mol. The predicted molar refractivity (Wildman–Crippen MR) is 90.4 cm³/mol. The van der Waals surface area contributed by atoms with Gasteiger partial charge in [-0.25, -0.2) is 4.39 Å². The summed E-state index contributed by atoms with van der Waals surface area (Å²) in [6.07, 6.45) is 5.72. The normalized spacial score (nSPS) is 14.2. The van der Waals surface area contributed by atoms with Gasteiger partial charge in [0.05, 0.1) is 12.8 Å². The van der Waals surface area contributed by atoms with Crippen LogP contribution in [0.3, 0.4) is 0 Å². The van der Waals surface area contributed by atoms with Crippen molar-refractivity contribution in [1.29, 1.82) is 0 Å². The summed E-state index contributed by atoms with van der Waals surface area (Å²) >= 11 is 6.11. The third-order valence-corrected chi connectivity index (χ3v) is 2.97. The molecule has 1 unspecified atom stereocenters. The Morgan fingerprint density at radius 2 is 2.00 bits per heavy atom. The molecule has 0 aliphatic carbocycles. The molecule has 0 aromatic carbocycles. The van der Waals surface area contributed by atoms with E-state index in [4.69, 9.17) is 16.3 Å². The lowest BCUT2D eigenvalue weighted by Crippen LogP contribution is -2.09. The zero-order valence-corrected chi connectivity index (χ0v) is 13.9. The van der Waals surface area contributed by atoms with Gasteiger partial charge in [0.2, 0.25) is 0 Å². The Hall–Kier alpha value is -1.45. The smallest absolute Gasteiger partial charge is 0.167 e. The number of hydrogen-bond donors (Lipinski definition) is 0. The second-order valence-corrected chi connectivity index (χ2v) is 5.10. The molecule has 0 fully saturated rings. The van der Waals surface area contributed by atoms with Gasteiger partial charge in [-0.2, -0.15) is 0 Å². The van der Waals surface area contributed by atoms with E-state index in [9.17, 15) is 4.39 Å². The Morgan fingerprint density at radius 1 is 1.38 bits per heavy atom. The monoisotopic (exact) mass is 311 g/mol. The topological polar surface area (TPSA) is 21.6 Å². The van der Waals surface area contributed by atoms with Crippen LogP contribution in [-0.2, 0) is 4.74 Å². The third kappa shape index (κ3) is 8.43. The molecule has 4 heteroatoms. The molecule has 0 N–H and O–H groups in total. The van der Waals surface area contributed by atoms with E-state index in [-0.39, 0.29) is 12.4 Å². The number of ether oxygens (including phenoxy) is 1. The van der Waals surface area contributed by atoms with Crippen molar-refractivity contribution in [3.05, 3.63) is 59.0 Å². The van der Waals surface area contributed by atoms with Gasteiger partial charge >= 0.3 is 0 Å². The SMILES string of the molecule is C=CC(N=CC(F)=C(C)C)OCC(=C)/C(Cl)=C\C(C)=C/C. The summed E-state index contributed by atoms with van der Waals surface area (Å²) in [4.78, 5) is 3.96. The molecule has 0 amide bonds. The highest BCUT2D eigenvalue weighted by molar-refractivity contribution is 6.32. The zero-order valence-electron chi connectivity index (χ0n) is 13.1. The van der Waals surface area contributed by atoms with Gasteiger partial charge in [0.15, 0.2) is 6.23 Å². The van der Waals surface area contributed by atoms with E-state index in [1.807, 2.05) is 26.0 Å². The van der Waals surface area contributed by atoms with Crippen LogP contribution in [0, 0.1) is 0 Å². The summed E-state index contributed by atoms with van der Waals surface area (Å²) in [5.74, 6) is -0.383. The molecule has 0 bridgehead atoms. The first kappa shape index (κ1) is 19.6. The van der Waals surface area contributed by atoms with E-state index in [0.29, 0.717) is 16.2 Å². The van der Waals surface area contributed by atoms with Gasteiger partial charge in [0, 0.05) is 5.03 Å². The standard InChI is InChI=1S/C17H23ClFNO/c1-7-13(5)9-15(18)14(6)11-21-17(8-2)20-10-16(19)12(3)4/h7-10,17H,2,6,11H2,1,3-5H3/b13-7-,15-9+,20-10?. The molecule has 116 valence electrons. The molecule has 1 atom stereocenters. The molecule has 0 aromatic rings. The van der Waals surface area contributed by atoms with Gasteiger partial charge < -0.3 is 4.74 Å². The van der Waals surface area contributed by atoms with Crippen LogP contribution in [0.1, 0.15) is 27.7 Å². The molecule has 0 saturated heterocycles. The van der Waals surface area contributed by atoms with E-state index in [2.05, 4.69) is 18.2 Å². The third-order valence-electron chi connectivity index (χ3n) is 2.59. The highest BCUT2D eigenvalue weighted by atomic mass is 35.5. The van der Waals surface area contributed by atoms with Crippen LogP contribution >= 0.6 is 11.6 Å². The number of halogens is 2. The number of allylic oxidation sites excluding steroid dienone is 5. The van der Waals surface area contributed by atoms with Crippen molar-refractivity contribution >= 4 is 17.8 Å². The predicted octanol–water partition coefficient (Wildman–Crippen LogP) is 5.49. The number of aliphatic imine (C=N–C) groups is 1. The van der Waals surface area contributed by atoms with E-state index in [0.717, 1.165) is 11.8 Å². The van der Waals surface area contributed by atoms with E-state index < -0.39 is 6.23 Å². The Labute approximate surface area is 132 Å². The Morgan fingerprint density at radius 3 is 2.48 bits per heavy atom. The highest BCUT2D eigenvalue weighted by Crippen LogP contribution is 2.16. The van der Waals surface area contributed by atoms with Crippen LogP contribution in [0.5, 0.6) is 0 Å². The Kier molecular flexibility index (Phi) is 9.59. The molecule has 21 heavy (non-hydrogen) atoms. The maximum atomic E-state index is 13.3. The minimum atomic E-state index is -0.640. The van der Waals surface area contributed by atoms with Crippen molar-refractivity contribution in [2.24, 2.45) is 4.99 Å². The van der Waals surface area contributed by atoms with Gasteiger partial charge in [-0.15, -0.1) is 0 Å². The molecule has 0 saturated carbocycles. The van der Waals surface area contributed by atoms with Crippen molar-refractivity contribution in [2.75, 3.05) is 6.61 Å². The molecule has 0 rings (SSSR count). The van der Waals surface area contributed by atoms with Crippen molar-refractivity contribution in [3.8, 4) is 0 Å². The minimum Gasteiger partial charge on any atom is -0.348 e. The second-order valence-electron chi connectivity index (χ2n) is 4.69. The summed E-state index contributed by atoms with van der Waals surface area (Å²) in [7, 11) is 0. The van der Waals surface area contributed by atoms with Crippen LogP contribution in [-0.4, -0.2) is 19.0 Å². The first-order valence-corrected chi connectivity index (χ1v) is 6.98. The molecule has 0 aliphatic heterocycles. The lowest BCUT2D eigenvalue weighted by atomic mass is 10.2. The molecule has 0 spiro atoms. The molecule has 0 aliphatic rings. The van der Waals surface area contributed by atoms with Gasteiger partial charge in [0.25, 0.3) is 0 Å². The van der Waals surface area contributed by atoms with Crippen LogP contribution in [0.2, 0.25) is 0 Å². The molecule has 2 nitrogen and oxygen atoms in total.